The molecule has 1 heterocycles. The summed E-state index contributed by atoms with van der Waals surface area (Å²) in [7, 11) is 3.85. The Bertz CT molecular complexity index is 482. The molecule has 0 radical (unpaired) electrons. The van der Waals surface area contributed by atoms with Gasteiger partial charge in [-0.2, -0.15) is 18.3 Å². The summed E-state index contributed by atoms with van der Waals surface area (Å²) in [6.07, 6.45) is -3.73. The smallest absolute Gasteiger partial charge is 0.354 e. The van der Waals surface area contributed by atoms with Crippen molar-refractivity contribution in [2.45, 2.75) is 32.5 Å². The molecule has 0 saturated heterocycles. The lowest BCUT2D eigenvalue weighted by atomic mass is 10.3. The predicted molar refractivity (Wildman–Crippen MR) is 72.9 cm³/mol. The molecule has 1 aromatic heterocycles. The van der Waals surface area contributed by atoms with Gasteiger partial charge in [0.15, 0.2) is 5.69 Å². The molecule has 0 bridgehead atoms. The second kappa shape index (κ2) is 6.93. The lowest BCUT2D eigenvalue weighted by Crippen LogP contribution is -2.33. The second-order valence-electron chi connectivity index (χ2n) is 5.24. The third kappa shape index (κ3) is 5.04. The van der Waals surface area contributed by atoms with E-state index in [1.165, 1.54) is 13.8 Å². The van der Waals surface area contributed by atoms with Gasteiger partial charge < -0.3 is 10.2 Å². The molecule has 1 rings (SSSR count). The molecule has 0 aliphatic heterocycles. The van der Waals surface area contributed by atoms with E-state index in [0.29, 0.717) is 12.2 Å². The maximum atomic E-state index is 12.6. The van der Waals surface area contributed by atoms with Crippen molar-refractivity contribution < 1.29 is 18.0 Å². The van der Waals surface area contributed by atoms with Crippen LogP contribution in [0.15, 0.2) is 6.07 Å². The molecular weight excluding hydrogens is 285 g/mol. The van der Waals surface area contributed by atoms with Crippen LogP contribution in [0, 0.1) is 6.92 Å². The average molecular weight is 306 g/mol. The Labute approximate surface area is 122 Å². The standard InChI is InChI=1S/C13H21F3N4O/c1-9-8-11(13(14,15)16)18-20(9)10(2)12(21)17-6-5-7-19(3)4/h8,10H,5-7H2,1-4H3,(H,17,21). The molecule has 5 nitrogen and oxygen atoms in total. The minimum absolute atomic E-state index is 0.304. The number of hydrogen-bond acceptors (Lipinski definition) is 3. The van der Waals surface area contributed by atoms with Gasteiger partial charge in [-0.25, -0.2) is 0 Å². The Kier molecular flexibility index (Phi) is 5.77. The highest BCUT2D eigenvalue weighted by Gasteiger charge is 2.35. The Morgan fingerprint density at radius 2 is 2.10 bits per heavy atom. The monoisotopic (exact) mass is 306 g/mol. The highest BCUT2D eigenvalue weighted by molar-refractivity contribution is 5.79. The van der Waals surface area contributed by atoms with Crippen LogP contribution < -0.4 is 5.32 Å². The lowest BCUT2D eigenvalue weighted by molar-refractivity contribution is -0.142. The number of aryl methyl sites for hydroxylation is 1. The van der Waals surface area contributed by atoms with Gasteiger partial charge in [0.05, 0.1) is 0 Å². The molecule has 0 aliphatic rings. The first-order valence-corrected chi connectivity index (χ1v) is 6.68. The highest BCUT2D eigenvalue weighted by atomic mass is 19.4. The van der Waals surface area contributed by atoms with E-state index in [1.807, 2.05) is 19.0 Å². The summed E-state index contributed by atoms with van der Waals surface area (Å²) < 4.78 is 38.9. The van der Waals surface area contributed by atoms with Crippen molar-refractivity contribution in [2.24, 2.45) is 0 Å². The van der Waals surface area contributed by atoms with Gasteiger partial charge in [0.25, 0.3) is 0 Å². The van der Waals surface area contributed by atoms with Crippen molar-refractivity contribution >= 4 is 5.91 Å². The zero-order valence-corrected chi connectivity index (χ0v) is 12.7. The summed E-state index contributed by atoms with van der Waals surface area (Å²) in [6, 6.07) is 0.163. The molecule has 8 heteroatoms. The van der Waals surface area contributed by atoms with Crippen LogP contribution >= 0.6 is 0 Å². The van der Waals surface area contributed by atoms with Crippen LogP contribution in [0.3, 0.4) is 0 Å². The fraction of sp³-hybridized carbons (Fsp3) is 0.692. The number of nitrogens with one attached hydrogen (secondary N) is 1. The van der Waals surface area contributed by atoms with E-state index < -0.39 is 17.9 Å². The number of aromatic nitrogens is 2. The van der Waals surface area contributed by atoms with E-state index in [1.54, 1.807) is 0 Å². The van der Waals surface area contributed by atoms with E-state index in [-0.39, 0.29) is 5.91 Å². The van der Waals surface area contributed by atoms with Crippen LogP contribution in [-0.2, 0) is 11.0 Å². The van der Waals surface area contributed by atoms with Crippen LogP contribution in [0.2, 0.25) is 0 Å². The van der Waals surface area contributed by atoms with E-state index in [9.17, 15) is 18.0 Å². The van der Waals surface area contributed by atoms with Crippen molar-refractivity contribution in [1.82, 2.24) is 20.0 Å². The Morgan fingerprint density at radius 1 is 1.48 bits per heavy atom. The maximum absolute atomic E-state index is 12.6. The first-order chi connectivity index (χ1) is 9.62. The maximum Gasteiger partial charge on any atom is 0.435 e. The quantitative estimate of drug-likeness (QED) is 0.816. The number of carbonyl (C=O) groups is 1. The molecule has 0 aromatic carbocycles. The summed E-state index contributed by atoms with van der Waals surface area (Å²) >= 11 is 0. The lowest BCUT2D eigenvalue weighted by Gasteiger charge is -2.15. The number of rotatable bonds is 6. The molecule has 1 aromatic rings. The van der Waals surface area contributed by atoms with Gasteiger partial charge >= 0.3 is 6.18 Å². The van der Waals surface area contributed by atoms with E-state index in [2.05, 4.69) is 10.4 Å². The molecule has 1 atom stereocenters. The first-order valence-electron chi connectivity index (χ1n) is 6.68. The number of alkyl halides is 3. The van der Waals surface area contributed by atoms with Crippen molar-refractivity contribution in [1.29, 1.82) is 0 Å². The van der Waals surface area contributed by atoms with Crippen LogP contribution in [-0.4, -0.2) is 47.8 Å². The molecule has 1 amide bonds. The summed E-state index contributed by atoms with van der Waals surface area (Å²) in [4.78, 5) is 13.9. The second-order valence-corrected chi connectivity index (χ2v) is 5.24. The minimum Gasteiger partial charge on any atom is -0.354 e. The van der Waals surface area contributed by atoms with Crippen molar-refractivity contribution in [2.75, 3.05) is 27.2 Å². The average Bonchev–Trinajstić information content (AvgIpc) is 2.75. The number of nitrogens with zero attached hydrogens (tertiary/aromatic N) is 3. The number of amides is 1. The van der Waals surface area contributed by atoms with Crippen LogP contribution in [0.4, 0.5) is 13.2 Å². The summed E-state index contributed by atoms with van der Waals surface area (Å²) in [5.41, 5.74) is -0.675. The number of hydrogen-bond donors (Lipinski definition) is 1. The minimum atomic E-state index is -4.50. The molecule has 1 N–H and O–H groups in total. The largest absolute Gasteiger partial charge is 0.435 e. The van der Waals surface area contributed by atoms with E-state index in [0.717, 1.165) is 23.7 Å². The molecule has 21 heavy (non-hydrogen) atoms. The van der Waals surface area contributed by atoms with Crippen molar-refractivity contribution in [3.63, 3.8) is 0 Å². The van der Waals surface area contributed by atoms with Gasteiger partial charge in [0.1, 0.15) is 6.04 Å². The molecular formula is C13H21F3N4O. The zero-order chi connectivity index (χ0) is 16.2. The molecule has 0 fully saturated rings. The van der Waals surface area contributed by atoms with Gasteiger partial charge in [0, 0.05) is 12.2 Å². The summed E-state index contributed by atoms with van der Waals surface area (Å²) in [5.74, 6) is -0.339. The Hall–Kier alpha value is -1.57. The normalized spacial score (nSPS) is 13.5. The van der Waals surface area contributed by atoms with E-state index >= 15 is 0 Å². The highest BCUT2D eigenvalue weighted by Crippen LogP contribution is 2.29. The van der Waals surface area contributed by atoms with Gasteiger partial charge in [0.2, 0.25) is 5.91 Å². The zero-order valence-electron chi connectivity index (χ0n) is 12.7. The van der Waals surface area contributed by atoms with Crippen molar-refractivity contribution in [3.8, 4) is 0 Å². The van der Waals surface area contributed by atoms with E-state index in [4.69, 9.17) is 0 Å². The summed E-state index contributed by atoms with van der Waals surface area (Å²) in [5, 5.41) is 6.18. The molecule has 1 unspecified atom stereocenters. The van der Waals surface area contributed by atoms with Crippen LogP contribution in [0.25, 0.3) is 0 Å². The van der Waals surface area contributed by atoms with Crippen LogP contribution in [0.1, 0.15) is 30.8 Å². The fourth-order valence-corrected chi connectivity index (χ4v) is 1.88. The third-order valence-electron chi connectivity index (χ3n) is 3.04. The number of carbonyl (C=O) groups excluding carboxylic acids is 1. The topological polar surface area (TPSA) is 50.2 Å². The van der Waals surface area contributed by atoms with Gasteiger partial charge in [-0.3, -0.25) is 9.48 Å². The Morgan fingerprint density at radius 3 is 2.57 bits per heavy atom. The first kappa shape index (κ1) is 17.5. The molecule has 0 spiro atoms. The van der Waals surface area contributed by atoms with Crippen molar-refractivity contribution in [3.05, 3.63) is 17.5 Å². The molecule has 0 aliphatic carbocycles. The number of halogens is 3. The van der Waals surface area contributed by atoms with Gasteiger partial charge in [-0.05, 0) is 47.0 Å². The van der Waals surface area contributed by atoms with Gasteiger partial charge in [-0.15, -0.1) is 0 Å². The fourth-order valence-electron chi connectivity index (χ4n) is 1.88. The van der Waals surface area contributed by atoms with Gasteiger partial charge in [-0.1, -0.05) is 0 Å². The van der Waals surface area contributed by atoms with Crippen LogP contribution in [0.5, 0.6) is 0 Å². The molecule has 0 saturated carbocycles. The molecule has 120 valence electrons. The third-order valence-corrected chi connectivity index (χ3v) is 3.04. The Balaban J connectivity index is 2.64. The predicted octanol–water partition coefficient (Wildman–Crippen LogP) is 1.84. The summed E-state index contributed by atoms with van der Waals surface area (Å²) in [6.45, 7) is 4.33. The SMILES string of the molecule is Cc1cc(C(F)(F)F)nn1C(C)C(=O)NCCCN(C)C.